The number of nitrogens with zero attached hydrogens (tertiary/aromatic N) is 2. The first-order valence-corrected chi connectivity index (χ1v) is 5.50. The van der Waals surface area contributed by atoms with E-state index >= 15 is 0 Å². The van der Waals surface area contributed by atoms with Crippen LogP contribution in [0.4, 0.5) is 0 Å². The van der Waals surface area contributed by atoms with Crippen LogP contribution in [0, 0.1) is 0 Å². The van der Waals surface area contributed by atoms with Gasteiger partial charge in [-0.1, -0.05) is 18.5 Å². The van der Waals surface area contributed by atoms with Gasteiger partial charge in [0.15, 0.2) is 0 Å². The van der Waals surface area contributed by atoms with Gasteiger partial charge < -0.3 is 10.8 Å². The van der Waals surface area contributed by atoms with Gasteiger partial charge in [0.2, 0.25) is 0 Å². The molecule has 1 unspecified atom stereocenters. The van der Waals surface area contributed by atoms with Gasteiger partial charge in [0.05, 0.1) is 16.9 Å². The zero-order valence-corrected chi connectivity index (χ0v) is 10.1. The van der Waals surface area contributed by atoms with E-state index in [4.69, 9.17) is 17.3 Å². The van der Waals surface area contributed by atoms with E-state index in [2.05, 4.69) is 5.10 Å². The molecule has 0 aliphatic carbocycles. The molecule has 1 atom stereocenters. The third kappa shape index (κ3) is 2.17. The number of nitrogens with two attached hydrogens (primary N) is 1. The van der Waals surface area contributed by atoms with Crippen LogP contribution in [0.3, 0.4) is 0 Å². The predicted octanol–water partition coefficient (Wildman–Crippen LogP) is 1.67. The second-order valence-corrected chi connectivity index (χ2v) is 4.38. The highest BCUT2D eigenvalue weighted by Gasteiger charge is 2.32. The van der Waals surface area contributed by atoms with E-state index < -0.39 is 5.60 Å². The van der Waals surface area contributed by atoms with Crippen LogP contribution in [0.2, 0.25) is 5.02 Å². The zero-order chi connectivity index (χ0) is 11.6. The van der Waals surface area contributed by atoms with E-state index in [0.29, 0.717) is 17.1 Å². The predicted molar refractivity (Wildman–Crippen MR) is 60.9 cm³/mol. The number of aliphatic hydroxyl groups is 1. The van der Waals surface area contributed by atoms with Crippen molar-refractivity contribution in [1.82, 2.24) is 9.78 Å². The van der Waals surface area contributed by atoms with Gasteiger partial charge in [0, 0.05) is 12.6 Å². The summed E-state index contributed by atoms with van der Waals surface area (Å²) in [5, 5.41) is 14.9. The molecule has 0 saturated heterocycles. The molecule has 1 rings (SSSR count). The number of halogens is 1. The van der Waals surface area contributed by atoms with E-state index in [-0.39, 0.29) is 12.6 Å². The standard InChI is InChI=1S/C10H18ClN3O/c1-4-10(15,6-12)9-8(11)5-13-14(9)7(2)3/h5,7,15H,4,6,12H2,1-3H3. The van der Waals surface area contributed by atoms with Gasteiger partial charge in [0.1, 0.15) is 5.60 Å². The molecule has 0 aliphatic heterocycles. The van der Waals surface area contributed by atoms with Crippen molar-refractivity contribution in [1.29, 1.82) is 0 Å². The molecule has 3 N–H and O–H groups in total. The fourth-order valence-corrected chi connectivity index (χ4v) is 1.88. The minimum absolute atomic E-state index is 0.141. The molecule has 0 fully saturated rings. The van der Waals surface area contributed by atoms with Crippen molar-refractivity contribution in [2.75, 3.05) is 6.54 Å². The maximum absolute atomic E-state index is 10.3. The minimum Gasteiger partial charge on any atom is -0.382 e. The Labute approximate surface area is 95.0 Å². The van der Waals surface area contributed by atoms with Crippen molar-refractivity contribution >= 4 is 11.6 Å². The summed E-state index contributed by atoms with van der Waals surface area (Å²) in [5.74, 6) is 0. The first kappa shape index (κ1) is 12.5. The summed E-state index contributed by atoms with van der Waals surface area (Å²) in [6, 6.07) is 0.150. The molecule has 0 radical (unpaired) electrons. The largest absolute Gasteiger partial charge is 0.382 e. The highest BCUT2D eigenvalue weighted by atomic mass is 35.5. The van der Waals surface area contributed by atoms with Gasteiger partial charge in [-0.25, -0.2) is 0 Å². The maximum atomic E-state index is 10.3. The number of hydrogen-bond acceptors (Lipinski definition) is 3. The monoisotopic (exact) mass is 231 g/mol. The molecule has 0 spiro atoms. The van der Waals surface area contributed by atoms with Crippen LogP contribution in [-0.2, 0) is 5.60 Å². The topological polar surface area (TPSA) is 64.1 Å². The van der Waals surface area contributed by atoms with Gasteiger partial charge in [-0.15, -0.1) is 0 Å². The molecule has 0 aliphatic rings. The van der Waals surface area contributed by atoms with Crippen molar-refractivity contribution in [2.24, 2.45) is 5.73 Å². The Balaban J connectivity index is 3.27. The van der Waals surface area contributed by atoms with Crippen molar-refractivity contribution in [2.45, 2.75) is 38.8 Å². The molecule has 0 amide bonds. The van der Waals surface area contributed by atoms with E-state index in [1.807, 2.05) is 20.8 Å². The van der Waals surface area contributed by atoms with Crippen LogP contribution in [0.5, 0.6) is 0 Å². The molecular weight excluding hydrogens is 214 g/mol. The molecule has 86 valence electrons. The molecule has 0 saturated carbocycles. The van der Waals surface area contributed by atoms with Gasteiger partial charge in [-0.2, -0.15) is 5.10 Å². The quantitative estimate of drug-likeness (QED) is 0.829. The molecular formula is C10H18ClN3O. The average Bonchev–Trinajstić information content (AvgIpc) is 2.60. The van der Waals surface area contributed by atoms with Crippen LogP contribution >= 0.6 is 11.6 Å². The Morgan fingerprint density at radius 3 is 2.67 bits per heavy atom. The summed E-state index contributed by atoms with van der Waals surface area (Å²) in [4.78, 5) is 0. The third-order valence-corrected chi connectivity index (χ3v) is 2.88. The number of rotatable bonds is 4. The van der Waals surface area contributed by atoms with Crippen LogP contribution in [0.15, 0.2) is 6.20 Å². The summed E-state index contributed by atoms with van der Waals surface area (Å²) in [5.41, 5.74) is 5.13. The fourth-order valence-electron chi connectivity index (χ4n) is 1.58. The first-order valence-electron chi connectivity index (χ1n) is 5.12. The Morgan fingerprint density at radius 2 is 2.27 bits per heavy atom. The lowest BCUT2D eigenvalue weighted by atomic mass is 9.96. The molecule has 1 aromatic heterocycles. The number of hydrogen-bond donors (Lipinski definition) is 2. The third-order valence-electron chi connectivity index (χ3n) is 2.60. The summed E-state index contributed by atoms with van der Waals surface area (Å²) in [6.07, 6.45) is 2.06. The highest BCUT2D eigenvalue weighted by Crippen LogP contribution is 2.31. The lowest BCUT2D eigenvalue weighted by Crippen LogP contribution is -2.37. The molecule has 4 nitrogen and oxygen atoms in total. The average molecular weight is 232 g/mol. The summed E-state index contributed by atoms with van der Waals surface area (Å²) in [6.45, 7) is 5.99. The van der Waals surface area contributed by atoms with Gasteiger partial charge in [0.25, 0.3) is 0 Å². The fraction of sp³-hybridized carbons (Fsp3) is 0.700. The van der Waals surface area contributed by atoms with Crippen LogP contribution in [-0.4, -0.2) is 21.4 Å². The normalized spacial score (nSPS) is 15.7. The van der Waals surface area contributed by atoms with Crippen molar-refractivity contribution in [3.63, 3.8) is 0 Å². The van der Waals surface area contributed by atoms with Gasteiger partial charge in [-0.3, -0.25) is 4.68 Å². The number of aromatic nitrogens is 2. The lowest BCUT2D eigenvalue weighted by Gasteiger charge is -2.27. The molecule has 0 aromatic carbocycles. The van der Waals surface area contributed by atoms with E-state index in [9.17, 15) is 5.11 Å². The van der Waals surface area contributed by atoms with E-state index in [1.165, 1.54) is 0 Å². The minimum atomic E-state index is -1.09. The lowest BCUT2D eigenvalue weighted by molar-refractivity contribution is 0.0315. The van der Waals surface area contributed by atoms with Crippen LogP contribution < -0.4 is 5.73 Å². The zero-order valence-electron chi connectivity index (χ0n) is 9.37. The summed E-state index contributed by atoms with van der Waals surface area (Å²) in [7, 11) is 0. The first-order chi connectivity index (χ1) is 6.96. The van der Waals surface area contributed by atoms with Crippen LogP contribution in [0.1, 0.15) is 38.9 Å². The van der Waals surface area contributed by atoms with Gasteiger partial charge in [-0.05, 0) is 20.3 Å². The molecule has 0 bridgehead atoms. The molecule has 5 heteroatoms. The van der Waals surface area contributed by atoms with Crippen LogP contribution in [0.25, 0.3) is 0 Å². The van der Waals surface area contributed by atoms with Crippen molar-refractivity contribution in [3.05, 3.63) is 16.9 Å². The van der Waals surface area contributed by atoms with E-state index in [1.54, 1.807) is 10.9 Å². The maximum Gasteiger partial charge on any atom is 0.120 e. The SMILES string of the molecule is CCC(O)(CN)c1c(Cl)cnn1C(C)C. The smallest absolute Gasteiger partial charge is 0.120 e. The Hall–Kier alpha value is -0.580. The molecule has 15 heavy (non-hydrogen) atoms. The molecule has 1 aromatic rings. The Kier molecular flexibility index (Phi) is 3.76. The van der Waals surface area contributed by atoms with E-state index in [0.717, 1.165) is 0 Å². The molecule has 1 heterocycles. The van der Waals surface area contributed by atoms with Gasteiger partial charge >= 0.3 is 0 Å². The summed E-state index contributed by atoms with van der Waals surface area (Å²) >= 11 is 6.03. The van der Waals surface area contributed by atoms with Crippen molar-refractivity contribution in [3.8, 4) is 0 Å². The summed E-state index contributed by atoms with van der Waals surface area (Å²) < 4.78 is 1.72. The Morgan fingerprint density at radius 1 is 1.67 bits per heavy atom. The Bertz CT molecular complexity index is 331. The van der Waals surface area contributed by atoms with Crippen molar-refractivity contribution < 1.29 is 5.11 Å². The second kappa shape index (κ2) is 4.51. The highest BCUT2D eigenvalue weighted by molar-refractivity contribution is 6.31. The second-order valence-electron chi connectivity index (χ2n) is 3.97.